The van der Waals surface area contributed by atoms with E-state index < -0.39 is 0 Å². The first kappa shape index (κ1) is 21.5. The van der Waals surface area contributed by atoms with E-state index in [1.165, 1.54) is 0 Å². The molecule has 0 unspecified atom stereocenters. The largest absolute Gasteiger partial charge is 0.356 e. The number of anilines is 4. The van der Waals surface area contributed by atoms with Crippen LogP contribution in [0.2, 0.25) is 0 Å². The molecule has 0 aromatic heterocycles. The molecule has 0 radical (unpaired) electrons. The molecule has 5 N–H and O–H groups in total. The quantitative estimate of drug-likeness (QED) is 0.252. The highest BCUT2D eigenvalue weighted by atomic mass is 16.2. The lowest BCUT2D eigenvalue weighted by atomic mass is 10.1. The Hall–Kier alpha value is -4.78. The van der Waals surface area contributed by atoms with Crippen LogP contribution >= 0.6 is 0 Å². The zero-order valence-corrected chi connectivity index (χ0v) is 17.7. The lowest BCUT2D eigenvalue weighted by Gasteiger charge is -2.11. The first-order valence-electron chi connectivity index (χ1n) is 10.4. The van der Waals surface area contributed by atoms with Gasteiger partial charge < -0.3 is 5.32 Å². The van der Waals surface area contributed by atoms with Crippen molar-refractivity contribution in [2.75, 3.05) is 16.2 Å². The van der Waals surface area contributed by atoms with E-state index in [1.807, 2.05) is 84.9 Å². The Morgan fingerprint density at radius 1 is 0.424 bits per heavy atom. The van der Waals surface area contributed by atoms with Crippen molar-refractivity contribution in [3.8, 4) is 0 Å². The highest BCUT2D eigenvalue weighted by Gasteiger charge is 2.07. The van der Waals surface area contributed by atoms with Gasteiger partial charge in [0.15, 0.2) is 0 Å². The zero-order chi connectivity index (χ0) is 22.9. The van der Waals surface area contributed by atoms with Crippen LogP contribution in [0.1, 0.15) is 20.7 Å². The van der Waals surface area contributed by atoms with Crippen molar-refractivity contribution >= 4 is 34.6 Å². The predicted octanol–water partition coefficient (Wildman–Crippen LogP) is 4.94. The number of para-hydroxylation sites is 2. The Bertz CT molecular complexity index is 1100. The lowest BCUT2D eigenvalue weighted by Crippen LogP contribution is -2.29. The molecule has 0 bridgehead atoms. The Balaban J connectivity index is 1.28. The molecule has 0 heterocycles. The molecule has 4 aromatic rings. The summed E-state index contributed by atoms with van der Waals surface area (Å²) < 4.78 is 0. The molecule has 7 nitrogen and oxygen atoms in total. The van der Waals surface area contributed by atoms with E-state index in [2.05, 4.69) is 27.0 Å². The summed E-state index contributed by atoms with van der Waals surface area (Å²) in [7, 11) is 0. The third kappa shape index (κ3) is 6.11. The SMILES string of the molecule is O=C(NNc1ccccc1)c1ccc(Nc2ccc(C(=O)NNc3ccccc3)cc2)cc1. The van der Waals surface area contributed by atoms with Gasteiger partial charge in [0.2, 0.25) is 0 Å². The third-order valence-corrected chi connectivity index (χ3v) is 4.77. The molecule has 0 saturated heterocycles. The fourth-order valence-electron chi connectivity index (χ4n) is 3.02. The minimum Gasteiger partial charge on any atom is -0.356 e. The number of benzene rings is 4. The number of carbonyl (C=O) groups is 2. The van der Waals surface area contributed by atoms with Gasteiger partial charge in [0.1, 0.15) is 0 Å². The van der Waals surface area contributed by atoms with Gasteiger partial charge in [-0.3, -0.25) is 31.3 Å². The lowest BCUT2D eigenvalue weighted by molar-refractivity contribution is 0.0954. The average molecular weight is 438 g/mol. The molecule has 0 saturated carbocycles. The van der Waals surface area contributed by atoms with Crippen LogP contribution in [0.5, 0.6) is 0 Å². The van der Waals surface area contributed by atoms with Gasteiger partial charge in [-0.05, 0) is 72.8 Å². The summed E-state index contributed by atoms with van der Waals surface area (Å²) in [5, 5.41) is 3.26. The van der Waals surface area contributed by atoms with E-state index >= 15 is 0 Å². The second-order valence-electron chi connectivity index (χ2n) is 7.17. The average Bonchev–Trinajstić information content (AvgIpc) is 2.88. The summed E-state index contributed by atoms with van der Waals surface area (Å²) >= 11 is 0. The van der Waals surface area contributed by atoms with Crippen molar-refractivity contribution in [1.82, 2.24) is 10.9 Å². The second kappa shape index (κ2) is 10.5. The van der Waals surface area contributed by atoms with Crippen molar-refractivity contribution in [1.29, 1.82) is 0 Å². The Kier molecular flexibility index (Phi) is 6.82. The van der Waals surface area contributed by atoms with E-state index in [9.17, 15) is 9.59 Å². The van der Waals surface area contributed by atoms with Crippen molar-refractivity contribution in [3.63, 3.8) is 0 Å². The zero-order valence-electron chi connectivity index (χ0n) is 17.7. The summed E-state index contributed by atoms with van der Waals surface area (Å²) in [6, 6.07) is 33.0. The van der Waals surface area contributed by atoms with E-state index in [4.69, 9.17) is 0 Å². The maximum absolute atomic E-state index is 12.3. The monoisotopic (exact) mass is 437 g/mol. The van der Waals surface area contributed by atoms with Crippen LogP contribution in [-0.4, -0.2) is 11.8 Å². The minimum absolute atomic E-state index is 0.232. The number of hydrogen-bond donors (Lipinski definition) is 5. The van der Waals surface area contributed by atoms with Gasteiger partial charge in [-0.1, -0.05) is 36.4 Å². The van der Waals surface area contributed by atoms with Gasteiger partial charge >= 0.3 is 0 Å². The van der Waals surface area contributed by atoms with Crippen LogP contribution in [0.4, 0.5) is 22.7 Å². The summed E-state index contributed by atoms with van der Waals surface area (Å²) in [6.07, 6.45) is 0. The van der Waals surface area contributed by atoms with Crippen molar-refractivity contribution in [2.24, 2.45) is 0 Å². The van der Waals surface area contributed by atoms with Crippen LogP contribution in [0.25, 0.3) is 0 Å². The summed E-state index contributed by atoms with van der Waals surface area (Å²) in [5.41, 5.74) is 15.4. The number of rotatable bonds is 8. The minimum atomic E-state index is -0.232. The standard InChI is InChI=1S/C26H23N5O2/c32-25(30-28-23-7-3-1-4-8-23)19-11-15-21(16-12-19)27-22-17-13-20(14-18-22)26(33)31-29-24-9-5-2-6-10-24/h1-18,27-29H,(H,30,32)(H,31,33). The van der Waals surface area contributed by atoms with Crippen LogP contribution in [-0.2, 0) is 0 Å². The first-order chi connectivity index (χ1) is 16.2. The van der Waals surface area contributed by atoms with Crippen LogP contribution in [0.15, 0.2) is 109 Å². The maximum Gasteiger partial charge on any atom is 0.269 e. The second-order valence-corrected chi connectivity index (χ2v) is 7.17. The molecule has 33 heavy (non-hydrogen) atoms. The highest BCUT2D eigenvalue weighted by Crippen LogP contribution is 2.18. The van der Waals surface area contributed by atoms with Gasteiger partial charge in [0, 0.05) is 22.5 Å². The molecule has 0 aliphatic heterocycles. The van der Waals surface area contributed by atoms with E-state index in [0.29, 0.717) is 11.1 Å². The van der Waals surface area contributed by atoms with Crippen molar-refractivity contribution in [2.45, 2.75) is 0 Å². The Morgan fingerprint density at radius 2 is 0.788 bits per heavy atom. The Morgan fingerprint density at radius 3 is 1.15 bits per heavy atom. The predicted molar refractivity (Wildman–Crippen MR) is 131 cm³/mol. The van der Waals surface area contributed by atoms with Gasteiger partial charge in [-0.25, -0.2) is 0 Å². The van der Waals surface area contributed by atoms with Crippen LogP contribution in [0.3, 0.4) is 0 Å². The molecule has 4 rings (SSSR count). The molecule has 164 valence electrons. The number of hydrazine groups is 2. The van der Waals surface area contributed by atoms with Crippen LogP contribution < -0.4 is 27.0 Å². The molecular formula is C26H23N5O2. The van der Waals surface area contributed by atoms with Crippen LogP contribution in [0, 0.1) is 0 Å². The van der Waals surface area contributed by atoms with Crippen molar-refractivity contribution in [3.05, 3.63) is 120 Å². The van der Waals surface area contributed by atoms with E-state index in [1.54, 1.807) is 24.3 Å². The molecule has 0 aliphatic carbocycles. The van der Waals surface area contributed by atoms with Gasteiger partial charge in [0.05, 0.1) is 11.4 Å². The normalized spacial score (nSPS) is 10.1. The molecule has 0 spiro atoms. The molecule has 2 amide bonds. The summed E-state index contributed by atoms with van der Waals surface area (Å²) in [6.45, 7) is 0. The summed E-state index contributed by atoms with van der Waals surface area (Å²) in [4.78, 5) is 24.6. The Labute approximate surface area is 191 Å². The van der Waals surface area contributed by atoms with E-state index in [-0.39, 0.29) is 11.8 Å². The van der Waals surface area contributed by atoms with E-state index in [0.717, 1.165) is 22.7 Å². The molecule has 0 atom stereocenters. The molecule has 0 fully saturated rings. The number of hydrogen-bond acceptors (Lipinski definition) is 5. The van der Waals surface area contributed by atoms with Gasteiger partial charge in [-0.15, -0.1) is 0 Å². The molecular weight excluding hydrogens is 414 g/mol. The first-order valence-corrected chi connectivity index (χ1v) is 10.4. The number of carbonyl (C=O) groups excluding carboxylic acids is 2. The highest BCUT2D eigenvalue weighted by molar-refractivity contribution is 5.96. The molecule has 7 heteroatoms. The maximum atomic E-state index is 12.3. The van der Waals surface area contributed by atoms with Gasteiger partial charge in [0.25, 0.3) is 11.8 Å². The number of nitrogens with one attached hydrogen (secondary N) is 5. The number of amides is 2. The molecule has 0 aliphatic rings. The fraction of sp³-hybridized carbons (Fsp3) is 0. The van der Waals surface area contributed by atoms with Crippen molar-refractivity contribution < 1.29 is 9.59 Å². The fourth-order valence-corrected chi connectivity index (χ4v) is 3.02. The third-order valence-electron chi connectivity index (χ3n) is 4.77. The van der Waals surface area contributed by atoms with Gasteiger partial charge in [-0.2, -0.15) is 0 Å². The smallest absolute Gasteiger partial charge is 0.269 e. The molecule has 4 aromatic carbocycles. The topological polar surface area (TPSA) is 94.3 Å². The summed E-state index contributed by atoms with van der Waals surface area (Å²) in [5.74, 6) is -0.463.